The minimum Gasteiger partial charge on any atom is -0.450 e. The highest BCUT2D eigenvalue weighted by Crippen LogP contribution is 2.02. The van der Waals surface area contributed by atoms with Gasteiger partial charge < -0.3 is 9.42 Å². The second-order valence-corrected chi connectivity index (χ2v) is 3.74. The monoisotopic (exact) mass is 260 g/mol. The molecule has 0 aliphatic carbocycles. The van der Waals surface area contributed by atoms with E-state index in [0.717, 1.165) is 9.13 Å². The number of hydrogen-bond acceptors (Lipinski definition) is 6. The molecule has 0 radical (unpaired) electrons. The first-order valence-corrected chi connectivity index (χ1v) is 5.10. The molecule has 0 saturated carbocycles. The van der Waals surface area contributed by atoms with Crippen LogP contribution in [0.1, 0.15) is 0 Å². The van der Waals surface area contributed by atoms with E-state index in [0.29, 0.717) is 0 Å². The van der Waals surface area contributed by atoms with Crippen LogP contribution in [0.4, 0.5) is 5.95 Å². The van der Waals surface area contributed by atoms with Crippen molar-refractivity contribution in [1.82, 2.24) is 14.1 Å². The molecule has 17 heavy (non-hydrogen) atoms. The second-order valence-electron chi connectivity index (χ2n) is 3.51. The van der Waals surface area contributed by atoms with E-state index in [1.165, 1.54) is 11.9 Å². The maximum absolute atomic E-state index is 11.8. The van der Waals surface area contributed by atoms with Gasteiger partial charge in [-0.1, -0.05) is 0 Å². The molecule has 0 spiro atoms. The Morgan fingerprint density at radius 1 is 1.47 bits per heavy atom. The molecule has 0 saturated heterocycles. The zero-order valence-corrected chi connectivity index (χ0v) is 10.9. The number of rotatable bonds is 3. The minimum atomic E-state index is -0.672. The van der Waals surface area contributed by atoms with Gasteiger partial charge in [0.2, 0.25) is 5.95 Å². The molecule has 0 bridgehead atoms. The minimum absolute atomic E-state index is 0.105. The SMILES string of the molecule is CN(C)c1nc(=O)n(C)c(=O)n1CC(=O)OP. The van der Waals surface area contributed by atoms with E-state index < -0.39 is 17.3 Å². The Bertz CT molecular complexity index is 547. The summed E-state index contributed by atoms with van der Waals surface area (Å²) in [7, 11) is 6.32. The Kier molecular flexibility index (Phi) is 4.01. The fourth-order valence-electron chi connectivity index (χ4n) is 1.22. The highest BCUT2D eigenvalue weighted by molar-refractivity contribution is 7.10. The van der Waals surface area contributed by atoms with Gasteiger partial charge in [0.15, 0.2) is 0 Å². The summed E-state index contributed by atoms with van der Waals surface area (Å²) in [5.74, 6) is -0.519. The first kappa shape index (κ1) is 13.4. The third-order valence-corrected chi connectivity index (χ3v) is 2.32. The van der Waals surface area contributed by atoms with Crippen molar-refractivity contribution < 1.29 is 9.32 Å². The molecule has 0 fully saturated rings. The maximum atomic E-state index is 11.8. The van der Waals surface area contributed by atoms with E-state index in [9.17, 15) is 14.4 Å². The van der Waals surface area contributed by atoms with Gasteiger partial charge in [0.25, 0.3) is 0 Å². The van der Waals surface area contributed by atoms with E-state index in [1.807, 2.05) is 0 Å². The Balaban J connectivity index is 3.45. The summed E-state index contributed by atoms with van der Waals surface area (Å²) in [6.07, 6.45) is 0. The molecule has 0 aliphatic rings. The molecule has 94 valence electrons. The van der Waals surface area contributed by atoms with Crippen LogP contribution in [-0.2, 0) is 22.9 Å². The molecule has 9 heteroatoms. The smallest absolute Gasteiger partial charge is 0.354 e. The molecule has 1 unspecified atom stereocenters. The Morgan fingerprint density at radius 2 is 2.06 bits per heavy atom. The molecule has 1 heterocycles. The number of nitrogens with zero attached hydrogens (tertiary/aromatic N) is 4. The second kappa shape index (κ2) is 5.09. The Labute approximate surface area is 99.1 Å². The molecule has 1 rings (SSSR count). The number of carbonyl (C=O) groups is 1. The standard InChI is InChI=1S/C8H13N4O4P/c1-10(2)6-9-7(14)11(3)8(15)12(6)4-5(13)16-17/h4,17H2,1-3H3. The molecular formula is C8H13N4O4P. The van der Waals surface area contributed by atoms with Crippen LogP contribution in [-0.4, -0.2) is 34.2 Å². The molecule has 1 aromatic heterocycles. The van der Waals surface area contributed by atoms with Crippen LogP contribution in [0, 0.1) is 0 Å². The van der Waals surface area contributed by atoms with Crippen LogP contribution in [0.15, 0.2) is 9.59 Å². The fraction of sp³-hybridized carbons (Fsp3) is 0.500. The lowest BCUT2D eigenvalue weighted by Crippen LogP contribution is -2.43. The Morgan fingerprint density at radius 3 is 2.53 bits per heavy atom. The van der Waals surface area contributed by atoms with Crippen molar-refractivity contribution in [1.29, 1.82) is 0 Å². The van der Waals surface area contributed by atoms with Crippen LogP contribution < -0.4 is 16.3 Å². The first-order valence-electron chi connectivity index (χ1n) is 4.63. The van der Waals surface area contributed by atoms with E-state index in [1.54, 1.807) is 23.6 Å². The van der Waals surface area contributed by atoms with Crippen molar-refractivity contribution in [2.75, 3.05) is 19.0 Å². The van der Waals surface area contributed by atoms with Gasteiger partial charge in [-0.15, -0.1) is 0 Å². The Hall–Kier alpha value is -1.69. The third-order valence-electron chi connectivity index (χ3n) is 2.06. The van der Waals surface area contributed by atoms with Crippen molar-refractivity contribution in [3.05, 3.63) is 21.0 Å². The van der Waals surface area contributed by atoms with Gasteiger partial charge in [-0.25, -0.2) is 19.0 Å². The molecule has 8 nitrogen and oxygen atoms in total. The summed E-state index contributed by atoms with van der Waals surface area (Å²) in [6, 6.07) is 0. The average Bonchev–Trinajstić information content (AvgIpc) is 2.28. The summed E-state index contributed by atoms with van der Waals surface area (Å²) < 4.78 is 6.28. The van der Waals surface area contributed by atoms with E-state index in [2.05, 4.69) is 9.51 Å². The zero-order valence-electron chi connectivity index (χ0n) is 9.71. The normalized spacial score (nSPS) is 10.1. The quantitative estimate of drug-likeness (QED) is 0.605. The van der Waals surface area contributed by atoms with Crippen molar-refractivity contribution in [2.45, 2.75) is 6.54 Å². The van der Waals surface area contributed by atoms with Gasteiger partial charge in [0, 0.05) is 21.1 Å². The summed E-state index contributed by atoms with van der Waals surface area (Å²) in [5, 5.41) is 0. The van der Waals surface area contributed by atoms with E-state index >= 15 is 0 Å². The van der Waals surface area contributed by atoms with Gasteiger partial charge >= 0.3 is 17.3 Å². The van der Waals surface area contributed by atoms with Crippen LogP contribution in [0.2, 0.25) is 0 Å². The van der Waals surface area contributed by atoms with Crippen LogP contribution >= 0.6 is 9.47 Å². The number of carbonyl (C=O) groups excluding carboxylic acids is 1. The molecule has 0 amide bonds. The van der Waals surface area contributed by atoms with Crippen LogP contribution in [0.3, 0.4) is 0 Å². The van der Waals surface area contributed by atoms with Gasteiger partial charge in [-0.3, -0.25) is 4.57 Å². The fourth-order valence-corrected chi connectivity index (χ4v) is 1.29. The highest BCUT2D eigenvalue weighted by atomic mass is 31.0. The molecule has 1 atom stereocenters. The van der Waals surface area contributed by atoms with Crippen molar-refractivity contribution in [2.24, 2.45) is 7.05 Å². The van der Waals surface area contributed by atoms with Crippen molar-refractivity contribution in [3.8, 4) is 0 Å². The summed E-state index contributed by atoms with van der Waals surface area (Å²) >= 11 is 0. The number of aromatic nitrogens is 3. The molecular weight excluding hydrogens is 247 g/mol. The number of hydrogen-bond donors (Lipinski definition) is 0. The lowest BCUT2D eigenvalue weighted by molar-refractivity contribution is -0.133. The molecule has 1 aromatic rings. The third kappa shape index (κ3) is 2.71. The molecule has 0 N–H and O–H groups in total. The predicted octanol–water partition coefficient (Wildman–Crippen LogP) is -1.66. The van der Waals surface area contributed by atoms with Gasteiger partial charge in [-0.2, -0.15) is 4.98 Å². The summed E-state index contributed by atoms with van der Waals surface area (Å²) in [6.45, 7) is -0.309. The predicted molar refractivity (Wildman–Crippen MR) is 63.9 cm³/mol. The molecule has 0 aromatic carbocycles. The van der Waals surface area contributed by atoms with Gasteiger partial charge in [-0.05, 0) is 0 Å². The lowest BCUT2D eigenvalue weighted by Gasteiger charge is -2.16. The van der Waals surface area contributed by atoms with Gasteiger partial charge in [0.1, 0.15) is 6.54 Å². The van der Waals surface area contributed by atoms with Crippen LogP contribution in [0.5, 0.6) is 0 Å². The van der Waals surface area contributed by atoms with E-state index in [4.69, 9.17) is 0 Å². The van der Waals surface area contributed by atoms with Crippen LogP contribution in [0.25, 0.3) is 0 Å². The summed E-state index contributed by atoms with van der Waals surface area (Å²) in [5.41, 5.74) is -1.29. The zero-order chi connectivity index (χ0) is 13.2. The topological polar surface area (TPSA) is 86.4 Å². The average molecular weight is 260 g/mol. The largest absolute Gasteiger partial charge is 0.450 e. The number of anilines is 1. The van der Waals surface area contributed by atoms with Gasteiger partial charge in [0.05, 0.1) is 9.47 Å². The van der Waals surface area contributed by atoms with Crippen molar-refractivity contribution >= 4 is 21.4 Å². The first-order chi connectivity index (χ1) is 7.88. The lowest BCUT2D eigenvalue weighted by atomic mass is 10.6. The van der Waals surface area contributed by atoms with E-state index in [-0.39, 0.29) is 12.5 Å². The highest BCUT2D eigenvalue weighted by Gasteiger charge is 2.15. The summed E-state index contributed by atoms with van der Waals surface area (Å²) in [4.78, 5) is 39.5. The maximum Gasteiger partial charge on any atom is 0.354 e. The molecule has 0 aliphatic heterocycles. The van der Waals surface area contributed by atoms with Crippen molar-refractivity contribution in [3.63, 3.8) is 0 Å².